The number of carbonyl (C=O) groups excluding carboxylic acids is 1. The van der Waals surface area contributed by atoms with Crippen molar-refractivity contribution >= 4 is 28.9 Å². The molecule has 1 aromatic carbocycles. The van der Waals surface area contributed by atoms with Crippen LogP contribution in [0.25, 0.3) is 0 Å². The lowest BCUT2D eigenvalue weighted by molar-refractivity contribution is -0.136. The van der Waals surface area contributed by atoms with Gasteiger partial charge in [0.25, 0.3) is 0 Å². The summed E-state index contributed by atoms with van der Waals surface area (Å²) in [6.07, 6.45) is 1.96. The van der Waals surface area contributed by atoms with Gasteiger partial charge in [-0.25, -0.2) is 4.99 Å². The molecule has 2 aliphatic heterocycles. The van der Waals surface area contributed by atoms with Gasteiger partial charge in [-0.05, 0) is 49.3 Å². The fourth-order valence-electron chi connectivity index (χ4n) is 4.51. The number of para-hydroxylation sites is 1. The minimum atomic E-state index is -0.582. The van der Waals surface area contributed by atoms with Gasteiger partial charge < -0.3 is 10.6 Å². The first kappa shape index (κ1) is 18.0. The number of hydrogen-bond acceptors (Lipinski definition) is 5. The van der Waals surface area contributed by atoms with E-state index in [4.69, 9.17) is 10.7 Å². The fourth-order valence-corrected chi connectivity index (χ4v) is 5.38. The number of aliphatic imine (C=N–C) groups is 1. The van der Waals surface area contributed by atoms with E-state index in [0.29, 0.717) is 11.9 Å². The second kappa shape index (κ2) is 7.00. The number of amides is 1. The van der Waals surface area contributed by atoms with E-state index in [2.05, 4.69) is 42.2 Å². The van der Waals surface area contributed by atoms with Crippen molar-refractivity contribution in [1.82, 2.24) is 4.90 Å². The maximum Gasteiger partial charge on any atom is 0.235 e. The number of rotatable bonds is 3. The lowest BCUT2D eigenvalue weighted by Crippen LogP contribution is -2.56. The molecule has 2 aliphatic rings. The lowest BCUT2D eigenvalue weighted by Gasteiger charge is -2.46. The van der Waals surface area contributed by atoms with E-state index in [1.54, 1.807) is 18.4 Å². The monoisotopic (exact) mass is 382 g/mol. The molecule has 2 N–H and O–H groups in total. The molecule has 142 valence electrons. The molecular weight excluding hydrogens is 356 g/mol. The van der Waals surface area contributed by atoms with Crippen molar-refractivity contribution in [2.75, 3.05) is 25.0 Å². The highest BCUT2D eigenvalue weighted by atomic mass is 32.1. The van der Waals surface area contributed by atoms with Crippen LogP contribution in [0.3, 0.4) is 0 Å². The summed E-state index contributed by atoms with van der Waals surface area (Å²) >= 11 is 1.65. The van der Waals surface area contributed by atoms with E-state index in [9.17, 15) is 4.79 Å². The Morgan fingerprint density at radius 1 is 1.15 bits per heavy atom. The highest BCUT2D eigenvalue weighted by molar-refractivity contribution is 7.10. The van der Waals surface area contributed by atoms with Crippen molar-refractivity contribution in [2.45, 2.75) is 25.3 Å². The molecule has 4 rings (SSSR count). The number of carbonyl (C=O) groups is 1. The smallest absolute Gasteiger partial charge is 0.235 e. The maximum absolute atomic E-state index is 13.3. The van der Waals surface area contributed by atoms with Crippen LogP contribution in [0.15, 0.2) is 52.8 Å². The van der Waals surface area contributed by atoms with Gasteiger partial charge in [-0.3, -0.25) is 9.69 Å². The van der Waals surface area contributed by atoms with Crippen LogP contribution in [0.2, 0.25) is 0 Å². The first-order valence-corrected chi connectivity index (χ1v) is 10.4. The number of hydrogen-bond donors (Lipinski definition) is 1. The zero-order valence-corrected chi connectivity index (χ0v) is 16.7. The van der Waals surface area contributed by atoms with Gasteiger partial charge in [0, 0.05) is 30.7 Å². The van der Waals surface area contributed by atoms with Gasteiger partial charge >= 0.3 is 0 Å². The van der Waals surface area contributed by atoms with Crippen molar-refractivity contribution in [3.8, 4) is 0 Å². The van der Waals surface area contributed by atoms with Crippen LogP contribution in [0.1, 0.15) is 24.6 Å². The normalized spacial score (nSPS) is 27.0. The maximum atomic E-state index is 13.3. The van der Waals surface area contributed by atoms with Gasteiger partial charge in [-0.1, -0.05) is 24.3 Å². The molecule has 2 atom stereocenters. The number of nitrogens with zero attached hydrogens (tertiary/aromatic N) is 3. The van der Waals surface area contributed by atoms with Crippen LogP contribution < -0.4 is 10.6 Å². The van der Waals surface area contributed by atoms with E-state index < -0.39 is 5.54 Å². The molecule has 5 nitrogen and oxygen atoms in total. The summed E-state index contributed by atoms with van der Waals surface area (Å²) < 4.78 is 0. The summed E-state index contributed by atoms with van der Waals surface area (Å²) in [5, 5.41) is 2.05. The zero-order chi connectivity index (χ0) is 19.0. The van der Waals surface area contributed by atoms with Gasteiger partial charge in [-0.15, -0.1) is 11.3 Å². The van der Waals surface area contributed by atoms with Crippen LogP contribution >= 0.6 is 11.3 Å². The SMILES string of the molecule is CN1C(=O)[C@H](C2CCN(c3ccccc3)CC2)[C@@](C)(c2cccs2)N=C1N. The summed E-state index contributed by atoms with van der Waals surface area (Å²) in [5.74, 6) is 0.528. The minimum Gasteiger partial charge on any atom is -0.372 e. The molecule has 2 aromatic rings. The van der Waals surface area contributed by atoms with Gasteiger partial charge in [-0.2, -0.15) is 0 Å². The molecule has 0 saturated carbocycles. The van der Waals surface area contributed by atoms with Gasteiger partial charge in [0.05, 0.1) is 5.92 Å². The van der Waals surface area contributed by atoms with Crippen molar-refractivity contribution in [3.63, 3.8) is 0 Å². The number of piperidine rings is 1. The molecule has 0 aliphatic carbocycles. The lowest BCUT2D eigenvalue weighted by atomic mass is 9.71. The van der Waals surface area contributed by atoms with E-state index >= 15 is 0 Å². The molecule has 0 spiro atoms. The number of nitrogens with two attached hydrogens (primary N) is 1. The predicted octanol–water partition coefficient (Wildman–Crippen LogP) is 3.28. The van der Waals surface area contributed by atoms with Gasteiger partial charge in [0.15, 0.2) is 5.96 Å². The van der Waals surface area contributed by atoms with Crippen molar-refractivity contribution in [3.05, 3.63) is 52.7 Å². The third-order valence-electron chi connectivity index (χ3n) is 6.05. The predicted molar refractivity (Wildman–Crippen MR) is 111 cm³/mol. The Morgan fingerprint density at radius 2 is 1.85 bits per heavy atom. The number of thiophene rings is 1. The second-order valence-corrected chi connectivity index (χ2v) is 8.58. The van der Waals surface area contributed by atoms with E-state index in [1.807, 2.05) is 17.5 Å². The molecule has 0 bridgehead atoms. The van der Waals surface area contributed by atoms with Crippen LogP contribution in [0, 0.1) is 11.8 Å². The number of benzene rings is 1. The van der Waals surface area contributed by atoms with E-state index in [1.165, 1.54) is 10.6 Å². The molecule has 1 saturated heterocycles. The van der Waals surface area contributed by atoms with Gasteiger partial charge in [0.1, 0.15) is 5.54 Å². The summed E-state index contributed by atoms with van der Waals surface area (Å²) in [4.78, 5) is 23.1. The average molecular weight is 383 g/mol. The second-order valence-electron chi connectivity index (χ2n) is 7.63. The first-order valence-electron chi connectivity index (χ1n) is 9.47. The zero-order valence-electron chi connectivity index (χ0n) is 15.8. The Labute approximate surface area is 164 Å². The Kier molecular flexibility index (Phi) is 4.68. The molecule has 0 unspecified atom stereocenters. The van der Waals surface area contributed by atoms with Crippen LogP contribution in [-0.4, -0.2) is 36.9 Å². The van der Waals surface area contributed by atoms with E-state index in [-0.39, 0.29) is 11.8 Å². The topological polar surface area (TPSA) is 61.9 Å². The quantitative estimate of drug-likeness (QED) is 0.886. The fraction of sp³-hybridized carbons (Fsp3) is 0.429. The average Bonchev–Trinajstić information content (AvgIpc) is 3.23. The molecule has 3 heterocycles. The highest BCUT2D eigenvalue weighted by Gasteiger charge is 2.50. The number of anilines is 1. The van der Waals surface area contributed by atoms with Crippen molar-refractivity contribution in [2.24, 2.45) is 22.6 Å². The molecule has 1 amide bonds. The van der Waals surface area contributed by atoms with Crippen molar-refractivity contribution < 1.29 is 4.79 Å². The Bertz CT molecular complexity index is 827. The largest absolute Gasteiger partial charge is 0.372 e. The summed E-state index contributed by atoms with van der Waals surface area (Å²) in [5.41, 5.74) is 6.77. The molecular formula is C21H26N4OS. The molecule has 27 heavy (non-hydrogen) atoms. The van der Waals surface area contributed by atoms with E-state index in [0.717, 1.165) is 30.8 Å². The Morgan fingerprint density at radius 3 is 2.48 bits per heavy atom. The molecule has 0 radical (unpaired) electrons. The Hall–Kier alpha value is -2.34. The third kappa shape index (κ3) is 3.12. The molecule has 6 heteroatoms. The third-order valence-corrected chi connectivity index (χ3v) is 7.14. The standard InChI is InChI=1S/C21H26N4OS/c1-21(17-9-6-14-27-17)18(19(26)24(2)20(22)23-21)15-10-12-25(13-11-15)16-7-4-3-5-8-16/h3-9,14-15,18H,10-13H2,1-2H3,(H2,22,23)/t18-,21+/m0/s1. The van der Waals surface area contributed by atoms with Gasteiger partial charge in [0.2, 0.25) is 5.91 Å². The van der Waals surface area contributed by atoms with Crippen LogP contribution in [0.4, 0.5) is 5.69 Å². The molecule has 1 aromatic heterocycles. The van der Waals surface area contributed by atoms with Crippen molar-refractivity contribution in [1.29, 1.82) is 0 Å². The van der Waals surface area contributed by atoms with Crippen LogP contribution in [-0.2, 0) is 10.3 Å². The van der Waals surface area contributed by atoms with Crippen LogP contribution in [0.5, 0.6) is 0 Å². The Balaban J connectivity index is 1.60. The first-order chi connectivity index (χ1) is 13.0. The molecule has 1 fully saturated rings. The summed E-state index contributed by atoms with van der Waals surface area (Å²) in [7, 11) is 1.74. The minimum absolute atomic E-state index is 0.0940. The number of guanidine groups is 1. The summed E-state index contributed by atoms with van der Waals surface area (Å²) in [6, 6.07) is 14.6. The highest BCUT2D eigenvalue weighted by Crippen LogP contribution is 2.46. The summed E-state index contributed by atoms with van der Waals surface area (Å²) in [6.45, 7) is 3.99.